The van der Waals surface area contributed by atoms with Crippen LogP contribution in [0.3, 0.4) is 0 Å². The maximum absolute atomic E-state index is 14.2. The Balaban J connectivity index is 0.00000847. The number of rotatable bonds is 20. The first kappa shape index (κ1) is 55.4. The van der Waals surface area contributed by atoms with Crippen molar-refractivity contribution < 1.29 is 38.6 Å². The Morgan fingerprint density at radius 1 is 0.917 bits per heavy atom. The van der Waals surface area contributed by atoms with Gasteiger partial charge in [0.05, 0.1) is 46.0 Å². The molecule has 0 saturated carbocycles. The summed E-state index contributed by atoms with van der Waals surface area (Å²) < 4.78 is 6.38. The van der Waals surface area contributed by atoms with Gasteiger partial charge in [-0.05, 0) is 105 Å². The number of hydrogen-bond acceptors (Lipinski definition) is 11. The van der Waals surface area contributed by atoms with Crippen molar-refractivity contribution in [3.8, 4) is 16.2 Å². The van der Waals surface area contributed by atoms with Gasteiger partial charge < -0.3 is 42.2 Å². The number of anilines is 1. The highest BCUT2D eigenvalue weighted by molar-refractivity contribution is 7.13. The van der Waals surface area contributed by atoms with E-state index < -0.39 is 59.6 Å². The van der Waals surface area contributed by atoms with Crippen LogP contribution in [0.15, 0.2) is 72.2 Å². The van der Waals surface area contributed by atoms with E-state index >= 15 is 0 Å². The summed E-state index contributed by atoms with van der Waals surface area (Å²) >= 11 is 1.57. The lowest BCUT2D eigenvalue weighted by molar-refractivity contribution is -0.144. The quantitative estimate of drug-likeness (QED) is 0.0585. The Bertz CT molecular complexity index is 2590. The molecule has 0 bridgehead atoms. The minimum atomic E-state index is -0.921. The van der Waals surface area contributed by atoms with Crippen molar-refractivity contribution in [3.63, 3.8) is 0 Å². The summed E-state index contributed by atoms with van der Waals surface area (Å²) in [6.07, 6.45) is 3.45. The number of aliphatic hydroxyl groups is 1. The molecule has 1 saturated heterocycles. The number of carbonyl (C=O) groups is 6. The number of aryl methyl sites for hydroxylation is 3. The number of primary amides is 1. The molecule has 0 unspecified atom stereocenters. The number of likely N-dealkylation sites (tertiary alicyclic amines) is 1. The van der Waals surface area contributed by atoms with E-state index in [1.165, 1.54) is 4.90 Å². The van der Waals surface area contributed by atoms with Gasteiger partial charge in [-0.1, -0.05) is 81.8 Å². The minimum absolute atomic E-state index is 0. The molecule has 7 rings (SSSR count). The highest BCUT2D eigenvalue weighted by atomic mass is 35.5. The second-order valence-corrected chi connectivity index (χ2v) is 21.4. The van der Waals surface area contributed by atoms with Crippen molar-refractivity contribution in [2.45, 2.75) is 161 Å². The minimum Gasteiger partial charge on any atom is -0.489 e. The van der Waals surface area contributed by atoms with E-state index in [2.05, 4.69) is 20.9 Å². The van der Waals surface area contributed by atoms with Crippen molar-refractivity contribution in [2.24, 2.45) is 16.9 Å². The van der Waals surface area contributed by atoms with Gasteiger partial charge in [0.2, 0.25) is 35.4 Å². The summed E-state index contributed by atoms with van der Waals surface area (Å²) in [5.41, 5.74) is 19.5. The van der Waals surface area contributed by atoms with Gasteiger partial charge >= 0.3 is 0 Å². The molecule has 388 valence electrons. The third-order valence-electron chi connectivity index (χ3n) is 14.0. The first-order valence-electron chi connectivity index (χ1n) is 24.9. The van der Waals surface area contributed by atoms with Crippen LogP contribution >= 0.6 is 23.7 Å². The van der Waals surface area contributed by atoms with Gasteiger partial charge in [-0.2, -0.15) is 0 Å². The lowest BCUT2D eigenvalue weighted by Crippen LogP contribution is -2.57. The van der Waals surface area contributed by atoms with Gasteiger partial charge in [0.1, 0.15) is 30.0 Å². The summed E-state index contributed by atoms with van der Waals surface area (Å²) in [7, 11) is 0. The average Bonchev–Trinajstić information content (AvgIpc) is 4.04. The van der Waals surface area contributed by atoms with Crippen LogP contribution in [-0.2, 0) is 48.0 Å². The van der Waals surface area contributed by atoms with E-state index in [1.54, 1.807) is 16.2 Å². The van der Waals surface area contributed by atoms with Gasteiger partial charge in [-0.15, -0.1) is 23.7 Å². The Labute approximate surface area is 432 Å². The second kappa shape index (κ2) is 24.2. The number of unbranched alkanes of at least 4 members (excludes halogenated alkanes) is 2. The fourth-order valence-corrected chi connectivity index (χ4v) is 10.8. The van der Waals surface area contributed by atoms with Crippen LogP contribution in [0.5, 0.6) is 5.75 Å². The molecule has 3 aliphatic heterocycles. The summed E-state index contributed by atoms with van der Waals surface area (Å²) in [5, 5.41) is 19.8. The first-order chi connectivity index (χ1) is 33.8. The Hall–Kier alpha value is -5.88. The maximum atomic E-state index is 14.2. The van der Waals surface area contributed by atoms with Crippen LogP contribution in [0.4, 0.5) is 5.69 Å². The molecule has 6 amide bonds. The molecule has 72 heavy (non-hydrogen) atoms. The number of hydrogen-bond donors (Lipinski definition) is 6. The van der Waals surface area contributed by atoms with Gasteiger partial charge in [-0.3, -0.25) is 33.7 Å². The summed E-state index contributed by atoms with van der Waals surface area (Å²) in [6.45, 7) is 11.3. The highest BCUT2D eigenvalue weighted by Gasteiger charge is 2.46. The SMILES string of the molecule is Cc1ncsc1-c1ccc([C@H](C)NC(=O)[C@@H]2C[C@@H](O)CN2C(=O)[C@@H](NC(=O)CCCCCc2cccc(O[C@H](C)[C@H](CCC(N)=O)NC(=O)[C@@H]3Cc4cccc5c4N3C(=O)[C@@H](N)CC5)c2)C(C)(C)C)cc1.Cl. The zero-order chi connectivity index (χ0) is 51.1. The number of ether oxygens (including phenoxy) is 1. The number of aliphatic hydroxyl groups excluding tert-OH is 1. The highest BCUT2D eigenvalue weighted by Crippen LogP contribution is 2.39. The van der Waals surface area contributed by atoms with Crippen LogP contribution in [0.25, 0.3) is 10.4 Å². The fourth-order valence-electron chi connectivity index (χ4n) is 9.97. The molecule has 4 heterocycles. The molecule has 3 aliphatic rings. The van der Waals surface area contributed by atoms with Gasteiger partial charge in [0.25, 0.3) is 0 Å². The van der Waals surface area contributed by atoms with Crippen molar-refractivity contribution in [1.29, 1.82) is 0 Å². The van der Waals surface area contributed by atoms with E-state index in [-0.39, 0.29) is 74.3 Å². The molecule has 1 fully saturated rings. The van der Waals surface area contributed by atoms with E-state index in [1.807, 2.05) is 114 Å². The topological polar surface area (TPSA) is 239 Å². The van der Waals surface area contributed by atoms with E-state index in [0.29, 0.717) is 37.9 Å². The molecule has 18 heteroatoms. The molecule has 8 atom stereocenters. The lowest BCUT2D eigenvalue weighted by Gasteiger charge is -2.35. The number of β-amino-alcohol motifs (C(OH)–C–C–N with tert-alkyl or cyclic N) is 1. The van der Waals surface area contributed by atoms with Crippen molar-refractivity contribution in [3.05, 3.63) is 100 Å². The smallest absolute Gasteiger partial charge is 0.246 e. The van der Waals surface area contributed by atoms with E-state index in [0.717, 1.165) is 56.9 Å². The molecular weight excluding hydrogens is 956 g/mol. The van der Waals surface area contributed by atoms with E-state index in [4.69, 9.17) is 16.2 Å². The number of amides is 6. The Kier molecular flexibility index (Phi) is 18.7. The first-order valence-corrected chi connectivity index (χ1v) is 25.8. The normalized spacial score (nSPS) is 20.0. The Morgan fingerprint density at radius 3 is 2.32 bits per heavy atom. The number of nitrogens with zero attached hydrogens (tertiary/aromatic N) is 3. The largest absolute Gasteiger partial charge is 0.489 e. The molecule has 1 aromatic heterocycles. The van der Waals surface area contributed by atoms with Gasteiger partial charge in [-0.25, -0.2) is 4.98 Å². The van der Waals surface area contributed by atoms with Crippen LogP contribution in [-0.4, -0.2) is 99.4 Å². The zero-order valence-electron chi connectivity index (χ0n) is 42.2. The van der Waals surface area contributed by atoms with Gasteiger partial charge in [0, 0.05) is 32.2 Å². The predicted molar refractivity (Wildman–Crippen MR) is 280 cm³/mol. The number of thiazole rings is 1. The molecule has 8 N–H and O–H groups in total. The van der Waals surface area contributed by atoms with Crippen molar-refractivity contribution in [2.75, 3.05) is 11.4 Å². The molecule has 3 aromatic carbocycles. The predicted octanol–water partition coefficient (Wildman–Crippen LogP) is 5.76. The zero-order valence-corrected chi connectivity index (χ0v) is 43.8. The van der Waals surface area contributed by atoms with E-state index in [9.17, 15) is 33.9 Å². The molecule has 4 aromatic rings. The number of carbonyl (C=O) groups excluding carboxylic acids is 6. The number of halogens is 1. The van der Waals surface area contributed by atoms with Crippen LogP contribution in [0.1, 0.15) is 120 Å². The molecular formula is C54H71ClN8O8S. The molecule has 0 radical (unpaired) electrons. The number of benzene rings is 3. The third-order valence-corrected chi connectivity index (χ3v) is 15.0. The summed E-state index contributed by atoms with van der Waals surface area (Å²) in [4.78, 5) is 89.1. The number of para-hydroxylation sites is 1. The Morgan fingerprint density at radius 2 is 1.62 bits per heavy atom. The lowest BCUT2D eigenvalue weighted by atomic mass is 9.85. The monoisotopic (exact) mass is 1030 g/mol. The molecule has 0 aliphatic carbocycles. The van der Waals surface area contributed by atoms with Crippen LogP contribution in [0.2, 0.25) is 0 Å². The number of aromatic nitrogens is 1. The molecule has 0 spiro atoms. The van der Waals surface area contributed by atoms with Crippen molar-refractivity contribution in [1.82, 2.24) is 25.8 Å². The number of nitrogens with one attached hydrogen (secondary N) is 3. The van der Waals surface area contributed by atoms with Gasteiger partial charge in [0.15, 0.2) is 0 Å². The van der Waals surface area contributed by atoms with Crippen LogP contribution in [0, 0.1) is 12.3 Å². The average molecular weight is 1030 g/mol. The standard InChI is InChI=1S/C54H70N8O8S.ClH/c1-31(35-18-20-37(21-19-35)48-32(2)57-30-71-48)58-50(66)43-28-39(63)29-61(43)53(69)49(54(4,5)6)60-46(65)17-9-7-8-12-34-13-10-16-40(26-34)70-33(3)42(24-25-45(56)64)59-51(67)44-27-38-15-11-14-36-22-23-41(55)52(68)62(44)47(36)38;/h10-11,13-16,18-21,26,30-31,33,39,41-44,49,63H,7-9,12,17,22-25,27-29,55H2,1-6H3,(H2,56,64)(H,58,66)(H,59,67)(H,60,65);1H/t31-,33+,39+,41-,42-,43-,44-,49+;/m0./s1. The third kappa shape index (κ3) is 13.4. The maximum Gasteiger partial charge on any atom is 0.246 e. The number of nitrogens with two attached hydrogens (primary N) is 2. The summed E-state index contributed by atoms with van der Waals surface area (Å²) in [6, 6.07) is 17.2. The second-order valence-electron chi connectivity index (χ2n) is 20.5. The molecule has 16 nitrogen and oxygen atoms in total. The van der Waals surface area contributed by atoms with Crippen molar-refractivity contribution >= 4 is 64.9 Å². The summed E-state index contributed by atoms with van der Waals surface area (Å²) in [5.74, 6) is -1.59. The fraction of sp³-hybridized carbons (Fsp3) is 0.500. The van der Waals surface area contributed by atoms with Crippen LogP contribution < -0.4 is 37.1 Å².